The van der Waals surface area contributed by atoms with Crippen molar-refractivity contribution in [3.8, 4) is 23.3 Å². The zero-order chi connectivity index (χ0) is 23.4. The molecule has 162 valence electrons. The highest BCUT2D eigenvalue weighted by Gasteiger charge is 2.21. The van der Waals surface area contributed by atoms with Crippen LogP contribution in [-0.2, 0) is 4.79 Å². The quantitative estimate of drug-likeness (QED) is 0.197. The Hall–Kier alpha value is -4.58. The van der Waals surface area contributed by atoms with E-state index in [2.05, 4.69) is 5.32 Å². The molecular weight excluding hydrogens is 412 g/mol. The van der Waals surface area contributed by atoms with E-state index in [4.69, 9.17) is 4.74 Å². The Balaban J connectivity index is 2.00. The van der Waals surface area contributed by atoms with Gasteiger partial charge < -0.3 is 19.7 Å². The van der Waals surface area contributed by atoms with Crippen LogP contribution in [0.4, 0.5) is 11.4 Å². The van der Waals surface area contributed by atoms with Crippen LogP contribution in [0.1, 0.15) is 17.0 Å². The Kier molecular flexibility index (Phi) is 6.26. The summed E-state index contributed by atoms with van der Waals surface area (Å²) >= 11 is 0. The molecule has 3 aromatic rings. The molecule has 0 spiro atoms. The van der Waals surface area contributed by atoms with Crippen LogP contribution in [-0.4, -0.2) is 27.6 Å². The minimum Gasteiger partial charge on any atom is -0.508 e. The first-order chi connectivity index (χ1) is 15.2. The number of rotatable bonds is 6. The molecule has 0 radical (unpaired) electrons. The number of aromatic nitrogens is 1. The van der Waals surface area contributed by atoms with Crippen molar-refractivity contribution < 1.29 is 19.6 Å². The van der Waals surface area contributed by atoms with Crippen molar-refractivity contribution in [3.05, 3.63) is 81.2 Å². The number of ether oxygens (including phenoxy) is 1. The summed E-state index contributed by atoms with van der Waals surface area (Å²) in [6.07, 6.45) is 1.43. The van der Waals surface area contributed by atoms with E-state index in [0.717, 1.165) is 0 Å². The summed E-state index contributed by atoms with van der Waals surface area (Å²) in [6.45, 7) is 3.53. The van der Waals surface area contributed by atoms with Crippen LogP contribution in [0.15, 0.2) is 54.1 Å². The highest BCUT2D eigenvalue weighted by molar-refractivity contribution is 6.09. The lowest BCUT2D eigenvalue weighted by molar-refractivity contribution is -0.384. The molecule has 0 fully saturated rings. The zero-order valence-corrected chi connectivity index (χ0v) is 17.6. The van der Waals surface area contributed by atoms with Gasteiger partial charge in [0.2, 0.25) is 0 Å². The number of phenols is 1. The molecule has 1 aromatic heterocycles. The van der Waals surface area contributed by atoms with E-state index in [-0.39, 0.29) is 17.0 Å². The number of hydrogen-bond acceptors (Lipinski definition) is 6. The zero-order valence-electron chi connectivity index (χ0n) is 17.6. The van der Waals surface area contributed by atoms with Crippen molar-refractivity contribution in [2.45, 2.75) is 13.8 Å². The molecule has 0 aliphatic rings. The normalized spacial score (nSPS) is 11.0. The van der Waals surface area contributed by atoms with Gasteiger partial charge in [-0.1, -0.05) is 0 Å². The number of benzene rings is 2. The first kappa shape index (κ1) is 22.1. The Morgan fingerprint density at radius 1 is 1.22 bits per heavy atom. The average Bonchev–Trinajstić information content (AvgIpc) is 3.05. The van der Waals surface area contributed by atoms with E-state index in [1.165, 1.54) is 43.5 Å². The molecule has 0 saturated carbocycles. The first-order valence-corrected chi connectivity index (χ1v) is 9.49. The number of amides is 1. The SMILES string of the molecule is COc1ccc(-n2c(C)cc(/C=C(/C#N)C(=O)Nc3ccc(O)cc3)c2C)c([N+](=O)[O-])c1. The smallest absolute Gasteiger partial charge is 0.296 e. The number of phenolic OH excluding ortho intramolecular Hbond substituents is 1. The molecule has 0 atom stereocenters. The molecule has 32 heavy (non-hydrogen) atoms. The minimum absolute atomic E-state index is 0.0547. The summed E-state index contributed by atoms with van der Waals surface area (Å²) in [7, 11) is 1.43. The van der Waals surface area contributed by atoms with Crippen LogP contribution >= 0.6 is 0 Å². The van der Waals surface area contributed by atoms with Gasteiger partial charge in [-0.25, -0.2) is 0 Å². The lowest BCUT2D eigenvalue weighted by atomic mass is 10.1. The topological polar surface area (TPSA) is 130 Å². The van der Waals surface area contributed by atoms with Gasteiger partial charge in [-0.15, -0.1) is 0 Å². The fourth-order valence-electron chi connectivity index (χ4n) is 3.32. The third kappa shape index (κ3) is 4.44. The Labute approximate surface area is 183 Å². The summed E-state index contributed by atoms with van der Waals surface area (Å²) in [5.41, 5.74) is 2.39. The van der Waals surface area contributed by atoms with E-state index in [0.29, 0.717) is 34.1 Å². The van der Waals surface area contributed by atoms with Gasteiger partial charge in [0.05, 0.1) is 18.1 Å². The number of hydrogen-bond donors (Lipinski definition) is 2. The number of nitro benzene ring substituents is 1. The lowest BCUT2D eigenvalue weighted by Gasteiger charge is -2.11. The molecule has 0 unspecified atom stereocenters. The van der Waals surface area contributed by atoms with E-state index in [9.17, 15) is 25.3 Å². The van der Waals surface area contributed by atoms with Crippen LogP contribution in [0.5, 0.6) is 11.5 Å². The highest BCUT2D eigenvalue weighted by Crippen LogP contribution is 2.32. The van der Waals surface area contributed by atoms with Crippen LogP contribution < -0.4 is 10.1 Å². The Morgan fingerprint density at radius 3 is 2.50 bits per heavy atom. The largest absolute Gasteiger partial charge is 0.508 e. The molecule has 2 aromatic carbocycles. The fourth-order valence-corrected chi connectivity index (χ4v) is 3.32. The number of nitrogens with one attached hydrogen (secondary N) is 1. The fraction of sp³-hybridized carbons (Fsp3) is 0.130. The van der Waals surface area contributed by atoms with Gasteiger partial charge in [-0.05, 0) is 68.0 Å². The van der Waals surface area contributed by atoms with Crippen LogP contribution in [0.2, 0.25) is 0 Å². The Morgan fingerprint density at radius 2 is 1.91 bits per heavy atom. The molecule has 0 saturated heterocycles. The molecule has 9 heteroatoms. The second-order valence-corrected chi connectivity index (χ2v) is 6.94. The summed E-state index contributed by atoms with van der Waals surface area (Å²) < 4.78 is 6.78. The number of aromatic hydroxyl groups is 1. The van der Waals surface area contributed by atoms with Gasteiger partial charge in [0, 0.05) is 17.1 Å². The molecular formula is C23H20N4O5. The summed E-state index contributed by atoms with van der Waals surface area (Å²) in [4.78, 5) is 23.7. The minimum atomic E-state index is -0.613. The van der Waals surface area contributed by atoms with E-state index in [1.807, 2.05) is 6.07 Å². The van der Waals surface area contributed by atoms with E-state index in [1.54, 1.807) is 36.6 Å². The van der Waals surface area contributed by atoms with Gasteiger partial charge in [-0.3, -0.25) is 14.9 Å². The number of nitro groups is 1. The number of carbonyl (C=O) groups is 1. The number of nitrogens with zero attached hydrogens (tertiary/aromatic N) is 3. The van der Waals surface area contributed by atoms with Crippen molar-refractivity contribution in [2.75, 3.05) is 12.4 Å². The number of methoxy groups -OCH3 is 1. The van der Waals surface area contributed by atoms with Gasteiger partial charge >= 0.3 is 0 Å². The average molecular weight is 432 g/mol. The third-order valence-corrected chi connectivity index (χ3v) is 4.88. The predicted molar refractivity (Wildman–Crippen MR) is 119 cm³/mol. The van der Waals surface area contributed by atoms with Gasteiger partial charge in [0.1, 0.15) is 28.8 Å². The van der Waals surface area contributed by atoms with Crippen molar-refractivity contribution >= 4 is 23.4 Å². The maximum absolute atomic E-state index is 12.5. The van der Waals surface area contributed by atoms with Crippen LogP contribution in [0.3, 0.4) is 0 Å². The molecule has 0 aliphatic heterocycles. The second kappa shape index (κ2) is 9.06. The summed E-state index contributed by atoms with van der Waals surface area (Å²) in [5.74, 6) is -0.196. The molecule has 1 amide bonds. The van der Waals surface area contributed by atoms with Gasteiger partial charge in [-0.2, -0.15) is 5.26 Å². The van der Waals surface area contributed by atoms with Crippen molar-refractivity contribution in [1.29, 1.82) is 5.26 Å². The van der Waals surface area contributed by atoms with Crippen LogP contribution in [0, 0.1) is 35.3 Å². The maximum atomic E-state index is 12.5. The maximum Gasteiger partial charge on any atom is 0.296 e. The molecule has 2 N–H and O–H groups in total. The molecule has 9 nitrogen and oxygen atoms in total. The van der Waals surface area contributed by atoms with Crippen molar-refractivity contribution in [2.24, 2.45) is 0 Å². The van der Waals surface area contributed by atoms with Crippen molar-refractivity contribution in [1.82, 2.24) is 4.57 Å². The second-order valence-electron chi connectivity index (χ2n) is 6.94. The van der Waals surface area contributed by atoms with E-state index < -0.39 is 10.8 Å². The van der Waals surface area contributed by atoms with Gasteiger partial charge in [0.15, 0.2) is 0 Å². The predicted octanol–water partition coefficient (Wildman–Crippen LogP) is 4.26. The van der Waals surface area contributed by atoms with E-state index >= 15 is 0 Å². The lowest BCUT2D eigenvalue weighted by Crippen LogP contribution is -2.13. The highest BCUT2D eigenvalue weighted by atomic mass is 16.6. The van der Waals surface area contributed by atoms with Gasteiger partial charge in [0.25, 0.3) is 11.6 Å². The molecule has 0 bridgehead atoms. The summed E-state index contributed by atoms with van der Waals surface area (Å²) in [5, 5.41) is 33.1. The molecule has 0 aliphatic carbocycles. The summed E-state index contributed by atoms with van der Waals surface area (Å²) in [6, 6.07) is 14.0. The number of aryl methyl sites for hydroxylation is 1. The third-order valence-electron chi connectivity index (χ3n) is 4.88. The molecule has 3 rings (SSSR count). The van der Waals surface area contributed by atoms with Crippen LogP contribution in [0.25, 0.3) is 11.8 Å². The monoisotopic (exact) mass is 432 g/mol. The van der Waals surface area contributed by atoms with Crippen molar-refractivity contribution in [3.63, 3.8) is 0 Å². The standard InChI is InChI=1S/C23H20N4O5/c1-14-10-16(11-17(13-24)23(29)25-18-4-6-19(28)7-5-18)15(2)26(14)21-9-8-20(32-3)12-22(21)27(30)31/h4-12,28H,1-3H3,(H,25,29)/b17-11-. The number of nitriles is 1. The number of anilines is 1. The molecule has 1 heterocycles. The number of carbonyl (C=O) groups excluding carboxylic acids is 1. The first-order valence-electron chi connectivity index (χ1n) is 9.49. The Bertz CT molecular complexity index is 1270.